The van der Waals surface area contributed by atoms with Gasteiger partial charge in [0.15, 0.2) is 0 Å². The first-order valence-corrected chi connectivity index (χ1v) is 3.90. The molecule has 0 aliphatic carbocycles. The van der Waals surface area contributed by atoms with E-state index in [0.29, 0.717) is 11.3 Å². The fourth-order valence-electron chi connectivity index (χ4n) is 1.28. The molecule has 0 saturated carbocycles. The van der Waals surface area contributed by atoms with E-state index in [2.05, 4.69) is 4.98 Å². The summed E-state index contributed by atoms with van der Waals surface area (Å²) in [5, 5.41) is 0.825. The first kappa shape index (κ1) is 7.98. The number of fused-ring (bicyclic) bond motifs is 1. The van der Waals surface area contributed by atoms with Crippen LogP contribution in [0, 0.1) is 5.95 Å². The fraction of sp³-hybridized carbons (Fsp3) is 0.100. The summed E-state index contributed by atoms with van der Waals surface area (Å²) in [6.07, 6.45) is 0. The maximum atomic E-state index is 12.9. The minimum atomic E-state index is -0.518. The van der Waals surface area contributed by atoms with E-state index in [1.165, 1.54) is 13.2 Å². The van der Waals surface area contributed by atoms with Crippen LogP contribution in [0.1, 0.15) is 0 Å². The maximum Gasteiger partial charge on any atom is 0.217 e. The Labute approximate surface area is 75.0 Å². The number of nitrogens with zero attached hydrogens (tertiary/aromatic N) is 1. The van der Waals surface area contributed by atoms with Crippen molar-refractivity contribution in [3.05, 3.63) is 36.3 Å². The number of benzene rings is 1. The summed E-state index contributed by atoms with van der Waals surface area (Å²) in [5.74, 6) is -0.00125. The Morgan fingerprint density at radius 2 is 2.08 bits per heavy atom. The number of pyridine rings is 1. The van der Waals surface area contributed by atoms with Crippen molar-refractivity contribution >= 4 is 10.9 Å². The summed E-state index contributed by atoms with van der Waals surface area (Å²) in [7, 11) is 1.52. The summed E-state index contributed by atoms with van der Waals surface area (Å²) in [4.78, 5) is 3.74. The van der Waals surface area contributed by atoms with Crippen molar-refractivity contribution in [3.63, 3.8) is 0 Å². The van der Waals surface area contributed by atoms with Crippen LogP contribution in [0.5, 0.6) is 5.75 Å². The normalized spacial score (nSPS) is 10.3. The van der Waals surface area contributed by atoms with Crippen molar-refractivity contribution in [2.24, 2.45) is 0 Å². The number of rotatable bonds is 1. The molecule has 3 heteroatoms. The van der Waals surface area contributed by atoms with Crippen LogP contribution < -0.4 is 4.74 Å². The summed E-state index contributed by atoms with van der Waals surface area (Å²) in [6.45, 7) is 0. The molecule has 0 amide bonds. The highest BCUT2D eigenvalue weighted by Gasteiger charge is 2.03. The summed E-state index contributed by atoms with van der Waals surface area (Å²) >= 11 is 0. The lowest BCUT2D eigenvalue weighted by Crippen LogP contribution is -1.90. The number of para-hydroxylation sites is 1. The van der Waals surface area contributed by atoms with Gasteiger partial charge in [0.1, 0.15) is 5.75 Å². The second-order valence-electron chi connectivity index (χ2n) is 2.66. The van der Waals surface area contributed by atoms with E-state index in [4.69, 9.17) is 4.74 Å². The zero-order valence-corrected chi connectivity index (χ0v) is 7.12. The molecule has 2 aromatic rings. The van der Waals surface area contributed by atoms with Crippen LogP contribution in [-0.4, -0.2) is 12.1 Å². The lowest BCUT2D eigenvalue weighted by Gasteiger charge is -2.03. The second kappa shape index (κ2) is 3.01. The third-order valence-corrected chi connectivity index (χ3v) is 1.87. The molecule has 0 saturated heterocycles. The average Bonchev–Trinajstić information content (AvgIpc) is 2.16. The largest absolute Gasteiger partial charge is 0.496 e. The van der Waals surface area contributed by atoms with Gasteiger partial charge in [0, 0.05) is 11.5 Å². The highest BCUT2D eigenvalue weighted by Crippen LogP contribution is 2.23. The van der Waals surface area contributed by atoms with Crippen molar-refractivity contribution in [3.8, 4) is 5.75 Å². The fourth-order valence-corrected chi connectivity index (χ4v) is 1.28. The molecule has 0 unspecified atom stereocenters. The number of hydrogen-bond acceptors (Lipinski definition) is 2. The van der Waals surface area contributed by atoms with Gasteiger partial charge in [0.2, 0.25) is 5.95 Å². The number of hydrogen-bond donors (Lipinski definition) is 0. The van der Waals surface area contributed by atoms with Gasteiger partial charge in [0.05, 0.1) is 12.6 Å². The second-order valence-corrected chi connectivity index (χ2v) is 2.66. The van der Waals surface area contributed by atoms with Gasteiger partial charge in [-0.25, -0.2) is 4.98 Å². The van der Waals surface area contributed by atoms with Crippen LogP contribution in [0.15, 0.2) is 30.3 Å². The van der Waals surface area contributed by atoms with Gasteiger partial charge in [-0.05, 0) is 12.1 Å². The zero-order valence-electron chi connectivity index (χ0n) is 7.12. The van der Waals surface area contributed by atoms with Gasteiger partial charge in [-0.15, -0.1) is 0 Å². The van der Waals surface area contributed by atoms with E-state index in [-0.39, 0.29) is 0 Å². The molecular weight excluding hydrogens is 169 g/mol. The average molecular weight is 177 g/mol. The van der Waals surface area contributed by atoms with Crippen molar-refractivity contribution in [2.75, 3.05) is 7.11 Å². The first-order valence-electron chi connectivity index (χ1n) is 3.90. The summed E-state index contributed by atoms with van der Waals surface area (Å²) in [6, 6.07) is 8.56. The molecule has 13 heavy (non-hydrogen) atoms. The topological polar surface area (TPSA) is 22.1 Å². The maximum absolute atomic E-state index is 12.9. The standard InChI is InChI=1S/C10H8FNO/c1-13-9-6-10(11)12-8-5-3-2-4-7(8)9/h2-6H,1H3. The minimum absolute atomic E-state index is 0.517. The molecule has 0 fully saturated rings. The first-order chi connectivity index (χ1) is 6.31. The SMILES string of the molecule is COc1cc(F)nc2ccccc12. The quantitative estimate of drug-likeness (QED) is 0.624. The third-order valence-electron chi connectivity index (χ3n) is 1.87. The number of ether oxygens (including phenoxy) is 1. The Hall–Kier alpha value is -1.64. The molecule has 2 rings (SSSR count). The third kappa shape index (κ3) is 1.33. The lowest BCUT2D eigenvalue weighted by atomic mass is 10.2. The molecule has 0 aliphatic heterocycles. The Balaban J connectivity index is 2.81. The molecule has 0 radical (unpaired) electrons. The summed E-state index contributed by atoms with van der Waals surface area (Å²) < 4.78 is 17.9. The molecule has 0 atom stereocenters. The molecular formula is C10H8FNO. The van der Waals surface area contributed by atoms with Gasteiger partial charge in [-0.1, -0.05) is 12.1 Å². The van der Waals surface area contributed by atoms with Crippen LogP contribution >= 0.6 is 0 Å². The zero-order chi connectivity index (χ0) is 9.26. The molecule has 0 spiro atoms. The Morgan fingerprint density at radius 1 is 1.31 bits per heavy atom. The van der Waals surface area contributed by atoms with Crippen molar-refractivity contribution in [1.29, 1.82) is 0 Å². The molecule has 1 aromatic carbocycles. The predicted octanol–water partition coefficient (Wildman–Crippen LogP) is 2.38. The van der Waals surface area contributed by atoms with E-state index in [1.807, 2.05) is 18.2 Å². The van der Waals surface area contributed by atoms with Gasteiger partial charge in [-0.3, -0.25) is 0 Å². The molecule has 0 N–H and O–H groups in total. The monoisotopic (exact) mass is 177 g/mol. The van der Waals surface area contributed by atoms with Crippen molar-refractivity contribution in [2.45, 2.75) is 0 Å². The smallest absolute Gasteiger partial charge is 0.217 e. The molecule has 2 nitrogen and oxygen atoms in total. The van der Waals surface area contributed by atoms with Crippen molar-refractivity contribution in [1.82, 2.24) is 4.98 Å². The van der Waals surface area contributed by atoms with Crippen LogP contribution in [-0.2, 0) is 0 Å². The molecule has 0 aliphatic rings. The molecule has 66 valence electrons. The van der Waals surface area contributed by atoms with E-state index in [1.54, 1.807) is 6.07 Å². The van der Waals surface area contributed by atoms with E-state index in [0.717, 1.165) is 5.39 Å². The van der Waals surface area contributed by atoms with Gasteiger partial charge in [-0.2, -0.15) is 4.39 Å². The number of aromatic nitrogens is 1. The Kier molecular flexibility index (Phi) is 1.85. The van der Waals surface area contributed by atoms with Crippen LogP contribution in [0.3, 0.4) is 0 Å². The van der Waals surface area contributed by atoms with Gasteiger partial charge < -0.3 is 4.74 Å². The number of methoxy groups -OCH3 is 1. The van der Waals surface area contributed by atoms with Crippen LogP contribution in [0.2, 0.25) is 0 Å². The van der Waals surface area contributed by atoms with E-state index in [9.17, 15) is 4.39 Å². The van der Waals surface area contributed by atoms with E-state index >= 15 is 0 Å². The Morgan fingerprint density at radius 3 is 2.85 bits per heavy atom. The highest BCUT2D eigenvalue weighted by atomic mass is 19.1. The summed E-state index contributed by atoms with van der Waals surface area (Å²) in [5.41, 5.74) is 0.611. The lowest BCUT2D eigenvalue weighted by molar-refractivity contribution is 0.415. The van der Waals surface area contributed by atoms with E-state index < -0.39 is 5.95 Å². The van der Waals surface area contributed by atoms with Crippen molar-refractivity contribution < 1.29 is 9.13 Å². The highest BCUT2D eigenvalue weighted by molar-refractivity contribution is 5.84. The predicted molar refractivity (Wildman–Crippen MR) is 48.3 cm³/mol. The molecule has 0 bridgehead atoms. The Bertz CT molecular complexity index is 442. The molecule has 1 aromatic heterocycles. The number of halogens is 1. The minimum Gasteiger partial charge on any atom is -0.496 e. The van der Waals surface area contributed by atoms with Gasteiger partial charge in [0.25, 0.3) is 0 Å². The molecule has 1 heterocycles. The van der Waals surface area contributed by atoms with Gasteiger partial charge >= 0.3 is 0 Å². The van der Waals surface area contributed by atoms with Crippen LogP contribution in [0.25, 0.3) is 10.9 Å². The van der Waals surface area contributed by atoms with Crippen LogP contribution in [0.4, 0.5) is 4.39 Å².